The summed E-state index contributed by atoms with van der Waals surface area (Å²) >= 11 is 4.04. The summed E-state index contributed by atoms with van der Waals surface area (Å²) in [6.45, 7) is 2.94. The van der Waals surface area contributed by atoms with Crippen molar-refractivity contribution >= 4 is 29.4 Å². The zero-order valence-corrected chi connectivity index (χ0v) is 17.2. The lowest BCUT2D eigenvalue weighted by Crippen LogP contribution is -2.41. The molecule has 0 aromatic heterocycles. The van der Waals surface area contributed by atoms with Crippen LogP contribution in [-0.2, 0) is 4.79 Å². The van der Waals surface area contributed by atoms with Gasteiger partial charge in [-0.1, -0.05) is 12.1 Å². The van der Waals surface area contributed by atoms with E-state index in [1.54, 1.807) is 0 Å². The molecule has 4 nitrogen and oxygen atoms in total. The molecule has 1 N–H and O–H groups in total. The predicted molar refractivity (Wildman–Crippen MR) is 112 cm³/mol. The standard InChI is InChI=1S/C20H30N2O2S2/c1-21-10-7-16-8-11-22(12-9-16)19(23)15-24-18-5-3-17(4-6-18)20-25-13-2-14-26-20/h3-6,16,20-21H,2,7-15H2,1H3. The van der Waals surface area contributed by atoms with Gasteiger partial charge in [0.15, 0.2) is 6.61 Å². The Kier molecular flexibility index (Phi) is 8.02. The molecule has 0 atom stereocenters. The Hall–Kier alpha value is -0.850. The number of hydrogen-bond donors (Lipinski definition) is 1. The van der Waals surface area contributed by atoms with Crippen LogP contribution in [0.3, 0.4) is 0 Å². The average molecular weight is 395 g/mol. The second-order valence-corrected chi connectivity index (χ2v) is 9.73. The first-order valence-corrected chi connectivity index (χ1v) is 11.7. The Morgan fingerprint density at radius 1 is 1.19 bits per heavy atom. The van der Waals surface area contributed by atoms with Crippen LogP contribution in [0.1, 0.15) is 35.8 Å². The first-order valence-electron chi connectivity index (χ1n) is 9.64. The predicted octanol–water partition coefficient (Wildman–Crippen LogP) is 3.78. The minimum atomic E-state index is 0.111. The van der Waals surface area contributed by atoms with E-state index in [2.05, 4.69) is 17.4 Å². The number of hydrogen-bond acceptors (Lipinski definition) is 5. The van der Waals surface area contributed by atoms with Crippen LogP contribution in [0.2, 0.25) is 0 Å². The molecule has 26 heavy (non-hydrogen) atoms. The van der Waals surface area contributed by atoms with Gasteiger partial charge in [-0.05, 0) is 74.4 Å². The van der Waals surface area contributed by atoms with E-state index in [0.29, 0.717) is 4.58 Å². The van der Waals surface area contributed by atoms with Gasteiger partial charge in [0, 0.05) is 13.1 Å². The summed E-state index contributed by atoms with van der Waals surface area (Å²) in [5.74, 6) is 4.14. The maximum atomic E-state index is 12.4. The number of piperidine rings is 1. The molecule has 0 aliphatic carbocycles. The third-order valence-corrected chi connectivity index (χ3v) is 8.13. The Bertz CT molecular complexity index is 553. The van der Waals surface area contributed by atoms with Crippen molar-refractivity contribution in [3.05, 3.63) is 29.8 Å². The molecule has 1 aromatic rings. The molecule has 2 heterocycles. The molecule has 0 unspecified atom stereocenters. The fraction of sp³-hybridized carbons (Fsp3) is 0.650. The highest BCUT2D eigenvalue weighted by Gasteiger charge is 2.22. The van der Waals surface area contributed by atoms with Crippen molar-refractivity contribution in [1.29, 1.82) is 0 Å². The third-order valence-electron chi connectivity index (χ3n) is 5.11. The van der Waals surface area contributed by atoms with Gasteiger partial charge >= 0.3 is 0 Å². The molecule has 0 spiro atoms. The average Bonchev–Trinajstić information content (AvgIpc) is 2.72. The molecule has 2 aliphatic heterocycles. The number of ether oxygens (including phenoxy) is 1. The summed E-state index contributed by atoms with van der Waals surface area (Å²) in [6, 6.07) is 8.29. The smallest absolute Gasteiger partial charge is 0.260 e. The number of nitrogens with zero attached hydrogens (tertiary/aromatic N) is 1. The molecule has 6 heteroatoms. The molecule has 2 aliphatic rings. The first-order chi connectivity index (χ1) is 12.8. The van der Waals surface area contributed by atoms with E-state index >= 15 is 0 Å². The maximum Gasteiger partial charge on any atom is 0.260 e. The summed E-state index contributed by atoms with van der Waals surface area (Å²) in [7, 11) is 2.00. The van der Waals surface area contributed by atoms with E-state index in [0.717, 1.165) is 44.1 Å². The summed E-state index contributed by atoms with van der Waals surface area (Å²) in [5, 5.41) is 3.21. The summed E-state index contributed by atoms with van der Waals surface area (Å²) in [5.41, 5.74) is 1.35. The van der Waals surface area contributed by atoms with Crippen LogP contribution >= 0.6 is 23.5 Å². The number of carbonyl (C=O) groups excluding carboxylic acids is 1. The second kappa shape index (κ2) is 10.5. The lowest BCUT2D eigenvalue weighted by atomic mass is 9.93. The normalized spacial score (nSPS) is 19.5. The summed E-state index contributed by atoms with van der Waals surface area (Å²) < 4.78 is 6.29. The van der Waals surface area contributed by atoms with E-state index in [9.17, 15) is 4.79 Å². The molecule has 144 valence electrons. The quantitative estimate of drug-likeness (QED) is 0.762. The number of nitrogens with one attached hydrogen (secondary N) is 1. The van der Waals surface area contributed by atoms with Crippen molar-refractivity contribution in [2.45, 2.75) is 30.3 Å². The minimum absolute atomic E-state index is 0.111. The lowest BCUT2D eigenvalue weighted by molar-refractivity contribution is -0.134. The molecule has 0 bridgehead atoms. The molecule has 3 rings (SSSR count). The molecular formula is C20H30N2O2S2. The van der Waals surface area contributed by atoms with Gasteiger partial charge in [-0.25, -0.2) is 0 Å². The van der Waals surface area contributed by atoms with E-state index in [1.807, 2.05) is 47.6 Å². The molecule has 0 saturated carbocycles. The van der Waals surface area contributed by atoms with Crippen LogP contribution in [0.4, 0.5) is 0 Å². The minimum Gasteiger partial charge on any atom is -0.484 e. The van der Waals surface area contributed by atoms with Crippen LogP contribution in [0.5, 0.6) is 5.75 Å². The Labute approximate surface area is 165 Å². The highest BCUT2D eigenvalue weighted by atomic mass is 32.2. The molecule has 1 aromatic carbocycles. The largest absolute Gasteiger partial charge is 0.484 e. The van der Waals surface area contributed by atoms with Gasteiger partial charge in [0.25, 0.3) is 5.91 Å². The highest BCUT2D eigenvalue weighted by molar-refractivity contribution is 8.16. The number of likely N-dealkylation sites (tertiary alicyclic amines) is 1. The summed E-state index contributed by atoms with van der Waals surface area (Å²) in [4.78, 5) is 14.3. The van der Waals surface area contributed by atoms with Crippen molar-refractivity contribution < 1.29 is 9.53 Å². The third kappa shape index (κ3) is 5.83. The van der Waals surface area contributed by atoms with Crippen LogP contribution < -0.4 is 10.1 Å². The molecule has 2 saturated heterocycles. The maximum absolute atomic E-state index is 12.4. The Balaban J connectivity index is 1.40. The molecule has 2 fully saturated rings. The van der Waals surface area contributed by atoms with Crippen molar-refractivity contribution in [1.82, 2.24) is 10.2 Å². The van der Waals surface area contributed by atoms with Gasteiger partial charge in [-0.3, -0.25) is 4.79 Å². The van der Waals surface area contributed by atoms with Crippen LogP contribution in [0, 0.1) is 5.92 Å². The molecule has 0 radical (unpaired) electrons. The van der Waals surface area contributed by atoms with E-state index in [1.165, 1.54) is 29.9 Å². The van der Waals surface area contributed by atoms with Crippen LogP contribution in [-0.4, -0.2) is 55.6 Å². The second-order valence-electron chi connectivity index (χ2n) is 7.00. The molecular weight excluding hydrogens is 364 g/mol. The lowest BCUT2D eigenvalue weighted by Gasteiger charge is -2.32. The van der Waals surface area contributed by atoms with Crippen molar-refractivity contribution in [3.8, 4) is 5.75 Å². The van der Waals surface area contributed by atoms with Gasteiger partial charge in [0.05, 0.1) is 4.58 Å². The Morgan fingerprint density at radius 3 is 2.54 bits per heavy atom. The summed E-state index contributed by atoms with van der Waals surface area (Å²) in [6.07, 6.45) is 4.73. The van der Waals surface area contributed by atoms with Crippen LogP contribution in [0.25, 0.3) is 0 Å². The molecule has 1 amide bonds. The van der Waals surface area contributed by atoms with Crippen molar-refractivity contribution in [2.24, 2.45) is 5.92 Å². The number of benzene rings is 1. The fourth-order valence-corrected chi connectivity index (χ4v) is 6.35. The van der Waals surface area contributed by atoms with Crippen LogP contribution in [0.15, 0.2) is 24.3 Å². The first kappa shape index (κ1) is 19.9. The zero-order valence-electron chi connectivity index (χ0n) is 15.6. The van der Waals surface area contributed by atoms with Gasteiger partial charge in [-0.2, -0.15) is 0 Å². The Morgan fingerprint density at radius 2 is 1.88 bits per heavy atom. The van der Waals surface area contributed by atoms with Gasteiger partial charge in [0.1, 0.15) is 5.75 Å². The van der Waals surface area contributed by atoms with E-state index in [4.69, 9.17) is 4.74 Å². The van der Waals surface area contributed by atoms with Gasteiger partial charge < -0.3 is 15.0 Å². The van der Waals surface area contributed by atoms with E-state index in [-0.39, 0.29) is 12.5 Å². The SMILES string of the molecule is CNCCC1CCN(C(=O)COc2ccc(C3SCCCS3)cc2)CC1. The van der Waals surface area contributed by atoms with Crippen molar-refractivity contribution in [2.75, 3.05) is 44.8 Å². The van der Waals surface area contributed by atoms with E-state index < -0.39 is 0 Å². The fourth-order valence-electron chi connectivity index (χ4n) is 3.46. The van der Waals surface area contributed by atoms with Crippen molar-refractivity contribution in [3.63, 3.8) is 0 Å². The number of rotatable bonds is 7. The zero-order chi connectivity index (χ0) is 18.2. The number of amides is 1. The monoisotopic (exact) mass is 394 g/mol. The topological polar surface area (TPSA) is 41.6 Å². The number of carbonyl (C=O) groups is 1. The van der Waals surface area contributed by atoms with Gasteiger partial charge in [-0.15, -0.1) is 23.5 Å². The number of thioether (sulfide) groups is 2. The highest BCUT2D eigenvalue weighted by Crippen LogP contribution is 2.43. The van der Waals surface area contributed by atoms with Gasteiger partial charge in [0.2, 0.25) is 0 Å².